The van der Waals surface area contributed by atoms with Crippen LogP contribution in [0, 0.1) is 5.82 Å². The smallest absolute Gasteiger partial charge is 0.242 e. The lowest BCUT2D eigenvalue weighted by Crippen LogP contribution is -2.24. The van der Waals surface area contributed by atoms with E-state index in [-0.39, 0.29) is 22.0 Å². The number of hydrogen-bond donors (Lipinski definition) is 2. The fourth-order valence-electron chi connectivity index (χ4n) is 1.61. The van der Waals surface area contributed by atoms with Crippen molar-refractivity contribution in [2.24, 2.45) is 5.73 Å². The van der Waals surface area contributed by atoms with Gasteiger partial charge in [0.15, 0.2) is 0 Å². The van der Waals surface area contributed by atoms with Gasteiger partial charge in [0.1, 0.15) is 15.7 Å². The molecule has 0 aliphatic carbocycles. The number of nitrogens with zero attached hydrogens (tertiary/aromatic N) is 1. The van der Waals surface area contributed by atoms with Crippen LogP contribution in [0.15, 0.2) is 47.6 Å². The first-order valence-corrected chi connectivity index (χ1v) is 7.77. The molecule has 0 radical (unpaired) electrons. The van der Waals surface area contributed by atoms with Crippen molar-refractivity contribution in [3.05, 3.63) is 59.7 Å². The van der Waals surface area contributed by atoms with Gasteiger partial charge in [-0.3, -0.25) is 4.98 Å². The number of sulfonamides is 1. The lowest BCUT2D eigenvalue weighted by atomic mass is 10.1. The van der Waals surface area contributed by atoms with Crippen molar-refractivity contribution in [2.75, 3.05) is 0 Å². The molecule has 1 heterocycles. The molecule has 0 aliphatic rings. The quantitative estimate of drug-likeness (QED) is 0.810. The first-order valence-electron chi connectivity index (χ1n) is 5.88. The molecule has 2 aromatic rings. The molecular weight excluding hydrogens is 313 g/mol. The van der Waals surface area contributed by atoms with Gasteiger partial charge in [-0.15, -0.1) is 0 Å². The van der Waals surface area contributed by atoms with Gasteiger partial charge in [0, 0.05) is 30.1 Å². The van der Waals surface area contributed by atoms with Gasteiger partial charge in [0.2, 0.25) is 10.0 Å². The molecule has 0 bridgehead atoms. The van der Waals surface area contributed by atoms with Crippen LogP contribution in [0.2, 0.25) is 0 Å². The summed E-state index contributed by atoms with van der Waals surface area (Å²) in [7, 11) is -3.73. The lowest BCUT2D eigenvalue weighted by Gasteiger charge is -2.08. The van der Waals surface area contributed by atoms with Crippen molar-refractivity contribution in [2.45, 2.75) is 11.4 Å². The van der Waals surface area contributed by atoms with Crippen molar-refractivity contribution in [1.29, 1.82) is 0 Å². The van der Waals surface area contributed by atoms with Crippen molar-refractivity contribution in [3.63, 3.8) is 0 Å². The average Bonchev–Trinajstić information content (AvgIpc) is 2.46. The summed E-state index contributed by atoms with van der Waals surface area (Å²) in [5, 5.41) is 0. The molecule has 0 aliphatic heterocycles. The number of nitrogens with one attached hydrogen (secondary N) is 1. The maximum Gasteiger partial charge on any atom is 0.242 e. The van der Waals surface area contributed by atoms with Crippen LogP contribution in [-0.4, -0.2) is 18.4 Å². The SMILES string of the molecule is NC(=S)c1ccc(CNS(=O)(=O)c2cccnc2)c(F)c1. The molecule has 0 atom stereocenters. The Morgan fingerprint density at radius 1 is 1.38 bits per heavy atom. The van der Waals surface area contributed by atoms with Crippen LogP contribution in [0.1, 0.15) is 11.1 Å². The van der Waals surface area contributed by atoms with Gasteiger partial charge >= 0.3 is 0 Å². The van der Waals surface area contributed by atoms with Gasteiger partial charge in [0.25, 0.3) is 0 Å². The molecule has 8 heteroatoms. The van der Waals surface area contributed by atoms with Crippen molar-refractivity contribution < 1.29 is 12.8 Å². The summed E-state index contributed by atoms with van der Waals surface area (Å²) in [6.45, 7) is -0.180. The maximum atomic E-state index is 13.8. The zero-order valence-electron chi connectivity index (χ0n) is 10.8. The minimum atomic E-state index is -3.73. The van der Waals surface area contributed by atoms with E-state index < -0.39 is 15.8 Å². The Morgan fingerprint density at radius 2 is 2.14 bits per heavy atom. The van der Waals surface area contributed by atoms with Gasteiger partial charge in [-0.2, -0.15) is 0 Å². The number of hydrogen-bond acceptors (Lipinski definition) is 4. The predicted octanol–water partition coefficient (Wildman–Crippen LogP) is 1.33. The Bertz CT molecular complexity index is 764. The van der Waals surface area contributed by atoms with E-state index in [4.69, 9.17) is 18.0 Å². The van der Waals surface area contributed by atoms with E-state index in [9.17, 15) is 12.8 Å². The normalized spacial score (nSPS) is 11.3. The molecule has 2 rings (SSSR count). The summed E-state index contributed by atoms with van der Waals surface area (Å²) in [4.78, 5) is 3.83. The van der Waals surface area contributed by atoms with Gasteiger partial charge in [-0.05, 0) is 18.2 Å². The van der Waals surface area contributed by atoms with Crippen LogP contribution in [0.5, 0.6) is 0 Å². The second-order valence-electron chi connectivity index (χ2n) is 4.18. The van der Waals surface area contributed by atoms with Gasteiger partial charge in [0.05, 0.1) is 0 Å². The minimum Gasteiger partial charge on any atom is -0.389 e. The zero-order valence-corrected chi connectivity index (χ0v) is 12.4. The molecule has 0 amide bonds. The number of nitrogens with two attached hydrogens (primary N) is 1. The number of thiocarbonyl (C=S) groups is 1. The highest BCUT2D eigenvalue weighted by Crippen LogP contribution is 2.12. The van der Waals surface area contributed by atoms with Crippen LogP contribution in [0.3, 0.4) is 0 Å². The molecule has 0 saturated heterocycles. The van der Waals surface area contributed by atoms with E-state index >= 15 is 0 Å². The van der Waals surface area contributed by atoms with E-state index in [1.807, 2.05) is 0 Å². The number of benzene rings is 1. The number of aromatic nitrogens is 1. The van der Waals surface area contributed by atoms with E-state index in [2.05, 4.69) is 9.71 Å². The summed E-state index contributed by atoms with van der Waals surface area (Å²) in [6, 6.07) is 7.07. The minimum absolute atomic E-state index is 0.0187. The first-order chi connectivity index (χ1) is 9.90. The number of pyridine rings is 1. The molecule has 0 fully saturated rings. The monoisotopic (exact) mass is 325 g/mol. The highest BCUT2D eigenvalue weighted by Gasteiger charge is 2.15. The molecule has 1 aromatic heterocycles. The Labute approximate surface area is 127 Å². The fourth-order valence-corrected chi connectivity index (χ4v) is 2.70. The van der Waals surface area contributed by atoms with Crippen molar-refractivity contribution in [3.8, 4) is 0 Å². The van der Waals surface area contributed by atoms with Gasteiger partial charge < -0.3 is 5.73 Å². The van der Waals surface area contributed by atoms with E-state index in [1.165, 1.54) is 36.7 Å². The molecule has 21 heavy (non-hydrogen) atoms. The summed E-state index contributed by atoms with van der Waals surface area (Å²) in [5.41, 5.74) is 5.99. The van der Waals surface area contributed by atoms with E-state index in [0.717, 1.165) is 0 Å². The Kier molecular flexibility index (Phi) is 4.61. The summed E-state index contributed by atoms with van der Waals surface area (Å²) in [6.07, 6.45) is 2.68. The topological polar surface area (TPSA) is 85.1 Å². The van der Waals surface area contributed by atoms with Crippen molar-refractivity contribution >= 4 is 27.2 Å². The molecule has 0 spiro atoms. The van der Waals surface area contributed by atoms with Gasteiger partial charge in [-0.1, -0.05) is 24.4 Å². The third-order valence-electron chi connectivity index (χ3n) is 2.73. The van der Waals surface area contributed by atoms with Crippen LogP contribution in [-0.2, 0) is 16.6 Å². The van der Waals surface area contributed by atoms with Crippen molar-refractivity contribution in [1.82, 2.24) is 9.71 Å². The molecule has 5 nitrogen and oxygen atoms in total. The predicted molar refractivity (Wildman–Crippen MR) is 80.5 cm³/mol. The molecule has 3 N–H and O–H groups in total. The van der Waals surface area contributed by atoms with Crippen LogP contribution in [0.25, 0.3) is 0 Å². The zero-order chi connectivity index (χ0) is 15.5. The molecule has 1 aromatic carbocycles. The van der Waals surface area contributed by atoms with Gasteiger partial charge in [-0.25, -0.2) is 17.5 Å². The second kappa shape index (κ2) is 6.25. The lowest BCUT2D eigenvalue weighted by molar-refractivity contribution is 0.574. The highest BCUT2D eigenvalue weighted by atomic mass is 32.2. The Balaban J connectivity index is 2.15. The van der Waals surface area contributed by atoms with E-state index in [1.54, 1.807) is 6.07 Å². The van der Waals surface area contributed by atoms with E-state index in [0.29, 0.717) is 5.56 Å². The van der Waals surface area contributed by atoms with Crippen LogP contribution in [0.4, 0.5) is 4.39 Å². The molecule has 110 valence electrons. The number of halogens is 1. The fraction of sp³-hybridized carbons (Fsp3) is 0.0769. The van der Waals surface area contributed by atoms with Crippen LogP contribution >= 0.6 is 12.2 Å². The highest BCUT2D eigenvalue weighted by molar-refractivity contribution is 7.89. The number of rotatable bonds is 5. The third kappa shape index (κ3) is 3.81. The first kappa shape index (κ1) is 15.5. The second-order valence-corrected chi connectivity index (χ2v) is 6.39. The Hall–Kier alpha value is -1.90. The largest absolute Gasteiger partial charge is 0.389 e. The van der Waals surface area contributed by atoms with Crippen LogP contribution < -0.4 is 10.5 Å². The molecule has 0 unspecified atom stereocenters. The summed E-state index contributed by atoms with van der Waals surface area (Å²) < 4.78 is 40.1. The summed E-state index contributed by atoms with van der Waals surface area (Å²) >= 11 is 4.75. The summed E-state index contributed by atoms with van der Waals surface area (Å²) in [5.74, 6) is -0.575. The third-order valence-corrected chi connectivity index (χ3v) is 4.36. The average molecular weight is 325 g/mol. The molecule has 0 saturated carbocycles. The maximum absolute atomic E-state index is 13.8. The molecular formula is C13H12FN3O2S2. The Morgan fingerprint density at radius 3 is 2.71 bits per heavy atom. The standard InChI is InChI=1S/C13H12FN3O2S2/c14-12-6-9(13(15)20)3-4-10(12)7-17-21(18,19)11-2-1-5-16-8-11/h1-6,8,17H,7H2,(H2,15,20).